The van der Waals surface area contributed by atoms with Gasteiger partial charge in [-0.2, -0.15) is 0 Å². The Morgan fingerprint density at radius 1 is 0.950 bits per heavy atom. The minimum absolute atomic E-state index is 0.128. The lowest BCUT2D eigenvalue weighted by atomic mass is 9.76. The summed E-state index contributed by atoms with van der Waals surface area (Å²) in [6.07, 6.45) is 2.41. The van der Waals surface area contributed by atoms with Crippen molar-refractivity contribution in [2.45, 2.75) is 60.5 Å². The van der Waals surface area contributed by atoms with Crippen LogP contribution in [0.15, 0.2) is 6.20 Å². The number of likely N-dealkylation sites (tertiary alicyclic amines) is 2. The van der Waals surface area contributed by atoms with Crippen molar-refractivity contribution < 1.29 is 33.3 Å². The predicted molar refractivity (Wildman–Crippen MR) is 146 cm³/mol. The minimum Gasteiger partial charge on any atom is -0.379 e. The van der Waals surface area contributed by atoms with Gasteiger partial charge < -0.3 is 23.8 Å². The van der Waals surface area contributed by atoms with Crippen LogP contribution in [0.2, 0.25) is 0 Å². The van der Waals surface area contributed by atoms with Gasteiger partial charge in [0, 0.05) is 25.4 Å². The van der Waals surface area contributed by atoms with Crippen LogP contribution in [-0.4, -0.2) is 108 Å². The molecule has 1 aromatic heterocycles. The molecule has 1 unspecified atom stereocenters. The predicted octanol–water partition coefficient (Wildman–Crippen LogP) is 1.77. The maximum Gasteiger partial charge on any atom is 0.233 e. The van der Waals surface area contributed by atoms with Crippen molar-refractivity contribution >= 4 is 17.7 Å². The normalized spacial score (nSPS) is 18.3. The lowest BCUT2D eigenvalue weighted by Crippen LogP contribution is -2.54. The molecular weight excluding hydrogens is 518 g/mol. The van der Waals surface area contributed by atoms with E-state index in [1.165, 1.54) is 4.90 Å². The molecule has 0 spiro atoms. The first-order valence-electron chi connectivity index (χ1n) is 14.4. The summed E-state index contributed by atoms with van der Waals surface area (Å²) in [6, 6.07) is 0. The molecule has 0 aliphatic carbocycles. The fourth-order valence-electron chi connectivity index (χ4n) is 4.55. The largest absolute Gasteiger partial charge is 0.379 e. The van der Waals surface area contributed by atoms with Gasteiger partial charge in [-0.05, 0) is 17.3 Å². The molecule has 1 atom stereocenters. The summed E-state index contributed by atoms with van der Waals surface area (Å²) in [6.45, 7) is 16.5. The number of hydrogen-bond donors (Lipinski definition) is 0. The Labute approximate surface area is 237 Å². The number of hydrogen-bond acceptors (Lipinski definition) is 9. The van der Waals surface area contributed by atoms with E-state index in [0.29, 0.717) is 77.4 Å². The van der Waals surface area contributed by atoms with Gasteiger partial charge in [0.2, 0.25) is 17.7 Å². The first-order valence-corrected chi connectivity index (χ1v) is 14.4. The number of imide groups is 1. The zero-order chi connectivity index (χ0) is 29.1. The molecule has 2 fully saturated rings. The van der Waals surface area contributed by atoms with Gasteiger partial charge in [-0.1, -0.05) is 39.8 Å². The molecule has 1 aromatic rings. The van der Waals surface area contributed by atoms with E-state index in [4.69, 9.17) is 18.9 Å². The highest BCUT2D eigenvalue weighted by atomic mass is 16.6. The molecule has 0 saturated carbocycles. The van der Waals surface area contributed by atoms with Gasteiger partial charge in [-0.3, -0.25) is 19.3 Å². The Kier molecular flexibility index (Phi) is 12.5. The zero-order valence-electron chi connectivity index (χ0n) is 24.8. The number of rotatable bonds is 18. The first-order chi connectivity index (χ1) is 19.1. The van der Waals surface area contributed by atoms with E-state index in [0.717, 1.165) is 13.1 Å². The fourth-order valence-corrected chi connectivity index (χ4v) is 4.55. The zero-order valence-corrected chi connectivity index (χ0v) is 24.8. The molecule has 0 bridgehead atoms. The van der Waals surface area contributed by atoms with Gasteiger partial charge in [0.25, 0.3) is 0 Å². The minimum atomic E-state index is -0.246. The molecule has 2 aliphatic heterocycles. The third kappa shape index (κ3) is 9.90. The van der Waals surface area contributed by atoms with Gasteiger partial charge in [0.05, 0.1) is 78.6 Å². The molecule has 3 amide bonds. The second kappa shape index (κ2) is 15.6. The quantitative estimate of drug-likeness (QED) is 0.193. The van der Waals surface area contributed by atoms with E-state index in [-0.39, 0.29) is 47.9 Å². The molecule has 12 nitrogen and oxygen atoms in total. The number of carbonyl (C=O) groups excluding carboxylic acids is 3. The van der Waals surface area contributed by atoms with Crippen LogP contribution in [0.5, 0.6) is 0 Å². The summed E-state index contributed by atoms with van der Waals surface area (Å²) >= 11 is 0. The van der Waals surface area contributed by atoms with Crippen molar-refractivity contribution in [2.24, 2.45) is 23.2 Å². The van der Waals surface area contributed by atoms with Gasteiger partial charge >= 0.3 is 0 Å². The molecule has 226 valence electrons. The van der Waals surface area contributed by atoms with E-state index in [9.17, 15) is 14.4 Å². The van der Waals surface area contributed by atoms with E-state index in [1.807, 2.05) is 18.7 Å². The Balaban J connectivity index is 1.10. The van der Waals surface area contributed by atoms with Crippen molar-refractivity contribution in [3.63, 3.8) is 0 Å². The standard InChI is InChI=1S/C28H47N5O7/c1-21(2)24-16-26(35)33(27(24)36)20-23-19-32(30-29-23)7-9-38-11-13-40-15-14-39-12-10-37-8-6-25(34)31-17-22(18-31)28(3,4)5/h19,21-22,24H,6-18,20H2,1-5H3. The molecule has 0 radical (unpaired) electrons. The fraction of sp³-hybridized carbons (Fsp3) is 0.821. The summed E-state index contributed by atoms with van der Waals surface area (Å²) in [5.41, 5.74) is 0.834. The smallest absolute Gasteiger partial charge is 0.233 e. The topological polar surface area (TPSA) is 125 Å². The molecule has 0 aromatic carbocycles. The van der Waals surface area contributed by atoms with Crippen LogP contribution < -0.4 is 0 Å². The lowest BCUT2D eigenvalue weighted by molar-refractivity contribution is -0.142. The highest BCUT2D eigenvalue weighted by Crippen LogP contribution is 2.33. The summed E-state index contributed by atoms with van der Waals surface area (Å²) in [5.74, 6) is 0.355. The highest BCUT2D eigenvalue weighted by molar-refractivity contribution is 6.03. The monoisotopic (exact) mass is 565 g/mol. The Morgan fingerprint density at radius 2 is 1.52 bits per heavy atom. The molecule has 2 saturated heterocycles. The van der Waals surface area contributed by atoms with E-state index < -0.39 is 0 Å². The Morgan fingerprint density at radius 3 is 2.08 bits per heavy atom. The van der Waals surface area contributed by atoms with Crippen molar-refractivity contribution in [3.8, 4) is 0 Å². The van der Waals surface area contributed by atoms with Crippen LogP contribution in [0, 0.1) is 23.2 Å². The summed E-state index contributed by atoms with van der Waals surface area (Å²) in [7, 11) is 0. The number of carbonyl (C=O) groups is 3. The van der Waals surface area contributed by atoms with E-state index in [1.54, 1.807) is 10.9 Å². The maximum absolute atomic E-state index is 12.4. The molecule has 0 N–H and O–H groups in total. The van der Waals surface area contributed by atoms with Crippen LogP contribution >= 0.6 is 0 Å². The number of ether oxygens (including phenoxy) is 4. The molecule has 3 rings (SSSR count). The van der Waals surface area contributed by atoms with E-state index in [2.05, 4.69) is 31.1 Å². The van der Waals surface area contributed by atoms with Crippen LogP contribution in [0.1, 0.15) is 53.2 Å². The van der Waals surface area contributed by atoms with Gasteiger partial charge in [0.15, 0.2) is 0 Å². The Hall–Kier alpha value is -2.41. The first kappa shape index (κ1) is 32.1. The highest BCUT2D eigenvalue weighted by Gasteiger charge is 2.40. The van der Waals surface area contributed by atoms with Crippen molar-refractivity contribution in [1.29, 1.82) is 0 Å². The van der Waals surface area contributed by atoms with Crippen LogP contribution in [0.4, 0.5) is 0 Å². The molecule has 40 heavy (non-hydrogen) atoms. The SMILES string of the molecule is CC(C)C1CC(=O)N(Cc2cn(CCOCCOCCOCCOCCC(=O)N3CC(C(C)(C)C)C3)nn2)C1=O. The van der Waals surface area contributed by atoms with Crippen LogP contribution in [-0.2, 0) is 46.4 Å². The van der Waals surface area contributed by atoms with Gasteiger partial charge in [0.1, 0.15) is 5.69 Å². The van der Waals surface area contributed by atoms with Crippen molar-refractivity contribution in [3.05, 3.63) is 11.9 Å². The summed E-state index contributed by atoms with van der Waals surface area (Å²) < 4.78 is 23.7. The van der Waals surface area contributed by atoms with Gasteiger partial charge in [-0.15, -0.1) is 5.10 Å². The Bertz CT molecular complexity index is 955. The molecule has 3 heterocycles. The van der Waals surface area contributed by atoms with Crippen molar-refractivity contribution in [2.75, 3.05) is 65.9 Å². The third-order valence-corrected chi connectivity index (χ3v) is 7.49. The average molecular weight is 566 g/mol. The second-order valence-electron chi connectivity index (χ2n) is 11.9. The number of aromatic nitrogens is 3. The third-order valence-electron chi connectivity index (χ3n) is 7.49. The summed E-state index contributed by atoms with van der Waals surface area (Å²) in [5, 5.41) is 8.13. The second-order valence-corrected chi connectivity index (χ2v) is 11.9. The van der Waals surface area contributed by atoms with Crippen LogP contribution in [0.3, 0.4) is 0 Å². The van der Waals surface area contributed by atoms with Crippen LogP contribution in [0.25, 0.3) is 0 Å². The molecule has 2 aliphatic rings. The average Bonchev–Trinajstić information content (AvgIpc) is 3.41. The lowest BCUT2D eigenvalue weighted by Gasteiger charge is -2.46. The number of amides is 3. The molecular formula is C28H47N5O7. The van der Waals surface area contributed by atoms with Crippen molar-refractivity contribution in [1.82, 2.24) is 24.8 Å². The number of nitrogens with zero attached hydrogens (tertiary/aromatic N) is 5. The maximum atomic E-state index is 12.4. The molecule has 12 heteroatoms. The van der Waals surface area contributed by atoms with E-state index >= 15 is 0 Å². The summed E-state index contributed by atoms with van der Waals surface area (Å²) in [4.78, 5) is 40.0. The van der Waals surface area contributed by atoms with Gasteiger partial charge in [-0.25, -0.2) is 4.68 Å².